The molecule has 0 aliphatic heterocycles. The normalized spacial score (nSPS) is 12.5. The topological polar surface area (TPSA) is 55.3 Å². The van der Waals surface area contributed by atoms with Gasteiger partial charge in [0, 0.05) is 24.2 Å². The first-order valence-electron chi connectivity index (χ1n) is 5.68. The van der Waals surface area contributed by atoms with Gasteiger partial charge in [0.2, 0.25) is 0 Å². The third kappa shape index (κ3) is 2.47. The highest BCUT2D eigenvalue weighted by molar-refractivity contribution is 5.54. The number of hydrogen-bond donors (Lipinski definition) is 2. The van der Waals surface area contributed by atoms with E-state index in [1.165, 1.54) is 0 Å². The Bertz CT molecular complexity index is 523. The Hall–Kier alpha value is -1.83. The first kappa shape index (κ1) is 11.6. The van der Waals surface area contributed by atoms with Crippen molar-refractivity contribution in [2.24, 2.45) is 5.84 Å². The average molecular weight is 228 g/mol. The van der Waals surface area contributed by atoms with Gasteiger partial charge in [-0.3, -0.25) is 11.3 Å². The molecular weight excluding hydrogens is 212 g/mol. The Labute approximate surface area is 101 Å². The van der Waals surface area contributed by atoms with E-state index in [1.807, 2.05) is 35.1 Å². The highest BCUT2D eigenvalue weighted by atomic mass is 15.3. The monoisotopic (exact) mass is 228 g/mol. The molecule has 0 amide bonds. The molecule has 0 spiro atoms. The van der Waals surface area contributed by atoms with Gasteiger partial charge in [0.1, 0.15) is 0 Å². The number of hydrazine groups is 1. The number of nitrogens with one attached hydrogen (secondary N) is 1. The molecule has 4 nitrogen and oxygen atoms in total. The number of pyridine rings is 1. The Morgan fingerprint density at radius 2 is 2.41 bits per heavy atom. The van der Waals surface area contributed by atoms with Crippen molar-refractivity contribution in [1.82, 2.24) is 15.0 Å². The first-order chi connectivity index (χ1) is 8.36. The van der Waals surface area contributed by atoms with E-state index in [1.54, 1.807) is 0 Å². The lowest BCUT2D eigenvalue weighted by molar-refractivity contribution is 0.505. The number of unbranched alkanes of at least 4 members (excludes halogenated alkanes) is 1. The molecule has 2 aromatic rings. The predicted octanol–water partition coefficient (Wildman–Crippen LogP) is 1.64. The zero-order chi connectivity index (χ0) is 12.1. The Morgan fingerprint density at radius 1 is 1.53 bits per heavy atom. The second kappa shape index (κ2) is 5.48. The van der Waals surface area contributed by atoms with Gasteiger partial charge >= 0.3 is 0 Å². The van der Waals surface area contributed by atoms with Gasteiger partial charge < -0.3 is 0 Å². The van der Waals surface area contributed by atoms with Crippen molar-refractivity contribution < 1.29 is 0 Å². The number of rotatable bonds is 5. The summed E-state index contributed by atoms with van der Waals surface area (Å²) < 4.78 is 1.85. The zero-order valence-corrected chi connectivity index (χ0v) is 9.63. The molecule has 0 radical (unpaired) electrons. The minimum atomic E-state index is 0.100. The van der Waals surface area contributed by atoms with Crippen LogP contribution in [0.5, 0.6) is 0 Å². The van der Waals surface area contributed by atoms with Crippen LogP contribution in [0.25, 0.3) is 5.52 Å². The van der Waals surface area contributed by atoms with Gasteiger partial charge in [-0.15, -0.1) is 12.3 Å². The van der Waals surface area contributed by atoms with Gasteiger partial charge in [0.05, 0.1) is 11.7 Å². The van der Waals surface area contributed by atoms with Gasteiger partial charge in [0.25, 0.3) is 0 Å². The number of terminal acetylenes is 1. The van der Waals surface area contributed by atoms with Gasteiger partial charge in [-0.25, -0.2) is 4.52 Å². The maximum absolute atomic E-state index is 5.60. The van der Waals surface area contributed by atoms with Crippen LogP contribution in [0.2, 0.25) is 0 Å². The van der Waals surface area contributed by atoms with Crippen LogP contribution in [0.15, 0.2) is 30.6 Å². The van der Waals surface area contributed by atoms with Crippen molar-refractivity contribution in [3.8, 4) is 12.3 Å². The summed E-state index contributed by atoms with van der Waals surface area (Å²) >= 11 is 0. The standard InChI is InChI=1S/C13H16N4/c1-2-3-4-7-12(16-14)11-10-15-17-9-6-5-8-13(11)17/h1,5-6,8-10,12,16H,3-4,7,14H2. The van der Waals surface area contributed by atoms with Crippen LogP contribution in [0.3, 0.4) is 0 Å². The minimum absolute atomic E-state index is 0.100. The molecule has 88 valence electrons. The number of hydrogen-bond acceptors (Lipinski definition) is 3. The van der Waals surface area contributed by atoms with Crippen LogP contribution in [-0.4, -0.2) is 9.61 Å². The highest BCUT2D eigenvalue weighted by Crippen LogP contribution is 2.22. The van der Waals surface area contributed by atoms with E-state index < -0.39 is 0 Å². The fraction of sp³-hybridized carbons (Fsp3) is 0.308. The fourth-order valence-corrected chi connectivity index (χ4v) is 1.96. The summed E-state index contributed by atoms with van der Waals surface area (Å²) in [5, 5.41) is 4.30. The molecule has 0 saturated heterocycles. The van der Waals surface area contributed by atoms with Crippen molar-refractivity contribution in [3.05, 3.63) is 36.2 Å². The van der Waals surface area contributed by atoms with Crippen molar-refractivity contribution >= 4 is 5.52 Å². The average Bonchev–Trinajstić information content (AvgIpc) is 2.79. The molecule has 1 unspecified atom stereocenters. The molecule has 2 rings (SSSR count). The van der Waals surface area contributed by atoms with Crippen molar-refractivity contribution in [2.75, 3.05) is 0 Å². The third-order valence-electron chi connectivity index (χ3n) is 2.85. The van der Waals surface area contributed by atoms with E-state index in [4.69, 9.17) is 12.3 Å². The van der Waals surface area contributed by atoms with E-state index in [9.17, 15) is 0 Å². The van der Waals surface area contributed by atoms with Crippen LogP contribution in [0, 0.1) is 12.3 Å². The van der Waals surface area contributed by atoms with Crippen molar-refractivity contribution in [3.63, 3.8) is 0 Å². The van der Waals surface area contributed by atoms with Crippen LogP contribution >= 0.6 is 0 Å². The molecule has 2 heterocycles. The molecule has 4 heteroatoms. The lowest BCUT2D eigenvalue weighted by atomic mass is 10.0. The number of fused-ring (bicyclic) bond motifs is 1. The Kier molecular flexibility index (Phi) is 3.76. The smallest absolute Gasteiger partial charge is 0.0709 e. The Morgan fingerprint density at radius 3 is 3.18 bits per heavy atom. The molecule has 0 bridgehead atoms. The van der Waals surface area contributed by atoms with Gasteiger partial charge in [0.15, 0.2) is 0 Å². The molecule has 2 aromatic heterocycles. The first-order valence-corrected chi connectivity index (χ1v) is 5.68. The SMILES string of the molecule is C#CCCCC(NN)c1cnn2ccccc12. The van der Waals surface area contributed by atoms with E-state index in [0.717, 1.165) is 30.3 Å². The lowest BCUT2D eigenvalue weighted by Crippen LogP contribution is -2.27. The summed E-state index contributed by atoms with van der Waals surface area (Å²) in [6.07, 6.45) is 11.7. The van der Waals surface area contributed by atoms with E-state index in [0.29, 0.717) is 0 Å². The summed E-state index contributed by atoms with van der Waals surface area (Å²) in [7, 11) is 0. The maximum atomic E-state index is 5.60. The van der Waals surface area contributed by atoms with E-state index in [-0.39, 0.29) is 6.04 Å². The van der Waals surface area contributed by atoms with E-state index in [2.05, 4.69) is 16.4 Å². The third-order valence-corrected chi connectivity index (χ3v) is 2.85. The molecular formula is C13H16N4. The fourth-order valence-electron chi connectivity index (χ4n) is 1.96. The number of nitrogens with zero attached hydrogens (tertiary/aromatic N) is 2. The second-order valence-electron chi connectivity index (χ2n) is 3.95. The van der Waals surface area contributed by atoms with E-state index >= 15 is 0 Å². The summed E-state index contributed by atoms with van der Waals surface area (Å²) in [6.45, 7) is 0. The molecule has 0 saturated carbocycles. The predicted molar refractivity (Wildman–Crippen MR) is 67.9 cm³/mol. The van der Waals surface area contributed by atoms with Gasteiger partial charge in [-0.05, 0) is 25.0 Å². The van der Waals surface area contributed by atoms with Crippen molar-refractivity contribution in [2.45, 2.75) is 25.3 Å². The largest absolute Gasteiger partial charge is 0.271 e. The molecule has 0 aromatic carbocycles. The molecule has 17 heavy (non-hydrogen) atoms. The van der Waals surface area contributed by atoms with Gasteiger partial charge in [-0.2, -0.15) is 5.10 Å². The summed E-state index contributed by atoms with van der Waals surface area (Å²) in [4.78, 5) is 0. The van der Waals surface area contributed by atoms with Crippen molar-refractivity contribution in [1.29, 1.82) is 0 Å². The van der Waals surface area contributed by atoms with Crippen LogP contribution in [-0.2, 0) is 0 Å². The van der Waals surface area contributed by atoms with Crippen LogP contribution < -0.4 is 11.3 Å². The molecule has 0 fully saturated rings. The number of aromatic nitrogens is 2. The summed E-state index contributed by atoms with van der Waals surface area (Å²) in [6, 6.07) is 6.08. The summed E-state index contributed by atoms with van der Waals surface area (Å²) in [5.74, 6) is 8.24. The second-order valence-corrected chi connectivity index (χ2v) is 3.95. The molecule has 3 N–H and O–H groups in total. The quantitative estimate of drug-likeness (QED) is 0.354. The number of nitrogens with two attached hydrogens (primary N) is 1. The van der Waals surface area contributed by atoms with Crippen LogP contribution in [0.1, 0.15) is 30.9 Å². The summed E-state index contributed by atoms with van der Waals surface area (Å²) in [5.41, 5.74) is 5.03. The zero-order valence-electron chi connectivity index (χ0n) is 9.63. The highest BCUT2D eigenvalue weighted by Gasteiger charge is 2.14. The van der Waals surface area contributed by atoms with Gasteiger partial charge in [-0.1, -0.05) is 6.07 Å². The lowest BCUT2D eigenvalue weighted by Gasteiger charge is -2.13. The van der Waals surface area contributed by atoms with Crippen LogP contribution in [0.4, 0.5) is 0 Å². The minimum Gasteiger partial charge on any atom is -0.271 e. The maximum Gasteiger partial charge on any atom is 0.0709 e. The molecule has 1 atom stereocenters. The Balaban J connectivity index is 2.21. The molecule has 0 aliphatic carbocycles. The molecule has 0 aliphatic rings.